The number of piperazine rings is 1. The van der Waals surface area contributed by atoms with Gasteiger partial charge >= 0.3 is 0 Å². The maximum atomic E-state index is 3.45. The van der Waals surface area contributed by atoms with Gasteiger partial charge in [0.05, 0.1) is 0 Å². The Labute approximate surface area is 156 Å². The number of aryl methyl sites for hydroxylation is 1. The van der Waals surface area contributed by atoms with E-state index in [1.165, 1.54) is 24.3 Å². The summed E-state index contributed by atoms with van der Waals surface area (Å²) in [7, 11) is 2.23. The Morgan fingerprint density at radius 1 is 0.920 bits per heavy atom. The first-order chi connectivity index (χ1) is 11.3. The summed E-state index contributed by atoms with van der Waals surface area (Å²) in [5.41, 5.74) is 2.99. The fourth-order valence-corrected chi connectivity index (χ4v) is 3.07. The van der Waals surface area contributed by atoms with Crippen LogP contribution in [0.4, 0.5) is 5.69 Å². The number of rotatable bonds is 1. The number of para-hydroxylation sites is 1. The molecular formula is C22H41N3. The second-order valence-corrected chi connectivity index (χ2v) is 9.63. The Morgan fingerprint density at radius 2 is 1.40 bits per heavy atom. The molecule has 1 saturated heterocycles. The van der Waals surface area contributed by atoms with Crippen molar-refractivity contribution in [1.29, 1.82) is 0 Å². The minimum absolute atomic E-state index is 0.145. The van der Waals surface area contributed by atoms with Crippen LogP contribution in [0.5, 0.6) is 0 Å². The molecular weight excluding hydrogens is 306 g/mol. The summed E-state index contributed by atoms with van der Waals surface area (Å²) in [5, 5.41) is 3.45. The zero-order chi connectivity index (χ0) is 19.4. The third-order valence-electron chi connectivity index (χ3n) is 4.96. The molecule has 0 bridgehead atoms. The molecule has 0 aliphatic carbocycles. The van der Waals surface area contributed by atoms with E-state index in [9.17, 15) is 0 Å². The number of likely N-dealkylation sites (N-methyl/N-ethyl adjacent to an activating group) is 1. The molecule has 3 heteroatoms. The number of nitrogens with one attached hydrogen (secondary N) is 1. The standard InChI is InChI=1S/C11H24N2.C11H17N/c1-9-7-13(11(3,4)5)8-10(2)12(9)6;1-9-7-5-6-8-10(9)12-11(2,3)4/h9-10H,7-8H2,1-6H3;5-8,12H,1-4H3. The van der Waals surface area contributed by atoms with Gasteiger partial charge in [-0.05, 0) is 81.0 Å². The molecule has 0 spiro atoms. The normalized spacial score (nSPS) is 23.0. The molecule has 1 aliphatic rings. The monoisotopic (exact) mass is 347 g/mol. The van der Waals surface area contributed by atoms with E-state index in [2.05, 4.69) is 109 Å². The summed E-state index contributed by atoms with van der Waals surface area (Å²) < 4.78 is 0. The number of hydrogen-bond acceptors (Lipinski definition) is 3. The van der Waals surface area contributed by atoms with E-state index in [-0.39, 0.29) is 5.54 Å². The van der Waals surface area contributed by atoms with Crippen LogP contribution < -0.4 is 5.32 Å². The average Bonchev–Trinajstić information content (AvgIpc) is 2.45. The molecule has 0 saturated carbocycles. The van der Waals surface area contributed by atoms with Crippen molar-refractivity contribution >= 4 is 5.69 Å². The second kappa shape index (κ2) is 8.55. The van der Waals surface area contributed by atoms with Crippen molar-refractivity contribution in [1.82, 2.24) is 9.80 Å². The molecule has 3 nitrogen and oxygen atoms in total. The Kier molecular flexibility index (Phi) is 7.52. The fourth-order valence-electron chi connectivity index (χ4n) is 3.07. The molecule has 1 N–H and O–H groups in total. The highest BCUT2D eigenvalue weighted by Crippen LogP contribution is 2.21. The molecule has 0 amide bonds. The summed E-state index contributed by atoms with van der Waals surface area (Å²) in [6.45, 7) is 22.6. The zero-order valence-electron chi connectivity index (χ0n) is 18.3. The quantitative estimate of drug-likeness (QED) is 0.770. The van der Waals surface area contributed by atoms with Crippen LogP contribution in [0, 0.1) is 6.92 Å². The average molecular weight is 348 g/mol. The number of benzene rings is 1. The summed E-state index contributed by atoms with van der Waals surface area (Å²) in [5.74, 6) is 0. The van der Waals surface area contributed by atoms with Crippen LogP contribution in [0.1, 0.15) is 61.0 Å². The van der Waals surface area contributed by atoms with Crippen LogP contribution >= 0.6 is 0 Å². The first-order valence-electron chi connectivity index (χ1n) is 9.62. The SMILES string of the molecule is CC1CN(C(C)(C)C)CC(C)N1C.Cc1ccccc1NC(C)(C)C. The van der Waals surface area contributed by atoms with Gasteiger partial charge in [-0.25, -0.2) is 0 Å². The highest BCUT2D eigenvalue weighted by atomic mass is 15.3. The van der Waals surface area contributed by atoms with Gasteiger partial charge in [-0.1, -0.05) is 18.2 Å². The van der Waals surface area contributed by atoms with Crippen molar-refractivity contribution < 1.29 is 0 Å². The summed E-state index contributed by atoms with van der Waals surface area (Å²) in [6, 6.07) is 9.71. The zero-order valence-corrected chi connectivity index (χ0v) is 18.3. The molecule has 1 fully saturated rings. The number of hydrogen-bond donors (Lipinski definition) is 1. The maximum Gasteiger partial charge on any atom is 0.0373 e. The second-order valence-electron chi connectivity index (χ2n) is 9.63. The smallest absolute Gasteiger partial charge is 0.0373 e. The number of nitrogens with zero attached hydrogens (tertiary/aromatic N) is 2. The lowest BCUT2D eigenvalue weighted by atomic mass is 10.00. The molecule has 144 valence electrons. The van der Waals surface area contributed by atoms with Gasteiger partial charge < -0.3 is 5.32 Å². The molecule has 0 aromatic heterocycles. The summed E-state index contributed by atoms with van der Waals surface area (Å²) in [6.07, 6.45) is 0. The molecule has 2 unspecified atom stereocenters. The topological polar surface area (TPSA) is 18.5 Å². The van der Waals surface area contributed by atoms with Crippen molar-refractivity contribution in [2.75, 3.05) is 25.5 Å². The minimum atomic E-state index is 0.145. The van der Waals surface area contributed by atoms with Crippen LogP contribution in [-0.4, -0.2) is 53.1 Å². The number of anilines is 1. The van der Waals surface area contributed by atoms with Crippen molar-refractivity contribution in [3.05, 3.63) is 29.8 Å². The van der Waals surface area contributed by atoms with Gasteiger partial charge in [0, 0.05) is 41.9 Å². The first-order valence-corrected chi connectivity index (χ1v) is 9.62. The summed E-state index contributed by atoms with van der Waals surface area (Å²) >= 11 is 0. The van der Waals surface area contributed by atoms with E-state index >= 15 is 0 Å². The fraction of sp³-hybridized carbons (Fsp3) is 0.727. The van der Waals surface area contributed by atoms with Crippen molar-refractivity contribution in [2.24, 2.45) is 0 Å². The van der Waals surface area contributed by atoms with E-state index in [0.29, 0.717) is 17.6 Å². The lowest BCUT2D eigenvalue weighted by molar-refractivity contribution is 0.00887. The lowest BCUT2D eigenvalue weighted by Crippen LogP contribution is -2.59. The van der Waals surface area contributed by atoms with Gasteiger partial charge in [0.15, 0.2) is 0 Å². The predicted molar refractivity (Wildman–Crippen MR) is 113 cm³/mol. The van der Waals surface area contributed by atoms with Crippen LogP contribution in [0.15, 0.2) is 24.3 Å². The molecule has 2 rings (SSSR count). The molecule has 2 atom stereocenters. The Hall–Kier alpha value is -1.06. The largest absolute Gasteiger partial charge is 0.380 e. The van der Waals surface area contributed by atoms with E-state index in [1.54, 1.807) is 0 Å². The van der Waals surface area contributed by atoms with E-state index in [4.69, 9.17) is 0 Å². The van der Waals surface area contributed by atoms with E-state index in [0.717, 1.165) is 0 Å². The minimum Gasteiger partial charge on any atom is -0.380 e. The van der Waals surface area contributed by atoms with Gasteiger partial charge in [-0.2, -0.15) is 0 Å². The molecule has 1 aliphatic heterocycles. The molecule has 1 aromatic rings. The molecule has 0 radical (unpaired) electrons. The van der Waals surface area contributed by atoms with Crippen LogP contribution in [-0.2, 0) is 0 Å². The molecule has 1 heterocycles. The van der Waals surface area contributed by atoms with Crippen LogP contribution in [0.3, 0.4) is 0 Å². The Bertz CT molecular complexity index is 513. The van der Waals surface area contributed by atoms with E-state index in [1.807, 2.05) is 0 Å². The van der Waals surface area contributed by atoms with Gasteiger partial charge in [-0.3, -0.25) is 9.80 Å². The van der Waals surface area contributed by atoms with E-state index < -0.39 is 0 Å². The van der Waals surface area contributed by atoms with Crippen LogP contribution in [0.25, 0.3) is 0 Å². The van der Waals surface area contributed by atoms with Gasteiger partial charge in [0.1, 0.15) is 0 Å². The third kappa shape index (κ3) is 7.37. The maximum absolute atomic E-state index is 3.45. The highest BCUT2D eigenvalue weighted by molar-refractivity contribution is 5.51. The van der Waals surface area contributed by atoms with Crippen molar-refractivity contribution in [2.45, 2.75) is 85.5 Å². The van der Waals surface area contributed by atoms with Gasteiger partial charge in [-0.15, -0.1) is 0 Å². The van der Waals surface area contributed by atoms with Crippen molar-refractivity contribution in [3.8, 4) is 0 Å². The Balaban J connectivity index is 0.000000251. The Morgan fingerprint density at radius 3 is 1.80 bits per heavy atom. The molecule has 25 heavy (non-hydrogen) atoms. The molecule has 1 aromatic carbocycles. The van der Waals surface area contributed by atoms with Crippen LogP contribution in [0.2, 0.25) is 0 Å². The van der Waals surface area contributed by atoms with Gasteiger partial charge in [0.2, 0.25) is 0 Å². The lowest BCUT2D eigenvalue weighted by Gasteiger charge is -2.48. The third-order valence-corrected chi connectivity index (χ3v) is 4.96. The first kappa shape index (κ1) is 22.0. The highest BCUT2D eigenvalue weighted by Gasteiger charge is 2.32. The predicted octanol–water partition coefficient (Wildman–Crippen LogP) is 5.01. The summed E-state index contributed by atoms with van der Waals surface area (Å²) in [4.78, 5) is 5.06. The van der Waals surface area contributed by atoms with Crippen molar-refractivity contribution in [3.63, 3.8) is 0 Å². The van der Waals surface area contributed by atoms with Gasteiger partial charge in [0.25, 0.3) is 0 Å².